The van der Waals surface area contributed by atoms with Crippen LogP contribution in [0.15, 0.2) is 6.20 Å². The molecule has 1 saturated carbocycles. The van der Waals surface area contributed by atoms with Gasteiger partial charge in [0.25, 0.3) is 0 Å². The molecular weight excluding hydrogens is 278 g/mol. The third-order valence-electron chi connectivity index (χ3n) is 3.52. The van der Waals surface area contributed by atoms with Crippen molar-refractivity contribution in [3.05, 3.63) is 17.6 Å². The van der Waals surface area contributed by atoms with Crippen LogP contribution >= 0.6 is 15.9 Å². The van der Waals surface area contributed by atoms with Gasteiger partial charge in [-0.15, -0.1) is 0 Å². The summed E-state index contributed by atoms with van der Waals surface area (Å²) in [6.45, 7) is 5.13. The SMILES string of the molecule is Cc1ncc(N(CCCBr)C2CCC2)nc1C. The molecule has 1 aliphatic rings. The smallest absolute Gasteiger partial charge is 0.147 e. The molecular formula is C13H20BrN3. The predicted molar refractivity (Wildman–Crippen MR) is 74.9 cm³/mol. The molecule has 3 nitrogen and oxygen atoms in total. The van der Waals surface area contributed by atoms with E-state index < -0.39 is 0 Å². The molecule has 0 atom stereocenters. The molecule has 0 saturated heterocycles. The molecule has 1 fully saturated rings. The molecule has 1 aromatic heterocycles. The van der Waals surface area contributed by atoms with Gasteiger partial charge < -0.3 is 4.90 Å². The Morgan fingerprint density at radius 2 is 2.12 bits per heavy atom. The second-order valence-electron chi connectivity index (χ2n) is 4.72. The maximum absolute atomic E-state index is 4.68. The normalized spacial score (nSPS) is 15.7. The van der Waals surface area contributed by atoms with Crippen LogP contribution in [-0.4, -0.2) is 27.9 Å². The first kappa shape index (κ1) is 12.8. The molecule has 0 aromatic carbocycles. The van der Waals surface area contributed by atoms with Gasteiger partial charge in [0.15, 0.2) is 0 Å². The van der Waals surface area contributed by atoms with Gasteiger partial charge in [-0.3, -0.25) is 4.98 Å². The fourth-order valence-corrected chi connectivity index (χ4v) is 2.33. The summed E-state index contributed by atoms with van der Waals surface area (Å²) in [5.41, 5.74) is 2.08. The largest absolute Gasteiger partial charge is 0.352 e. The molecule has 1 aromatic rings. The number of nitrogens with zero attached hydrogens (tertiary/aromatic N) is 3. The second kappa shape index (κ2) is 5.80. The highest BCUT2D eigenvalue weighted by atomic mass is 79.9. The molecule has 0 N–H and O–H groups in total. The van der Waals surface area contributed by atoms with E-state index in [1.54, 1.807) is 0 Å². The number of halogens is 1. The zero-order valence-electron chi connectivity index (χ0n) is 10.6. The highest BCUT2D eigenvalue weighted by Gasteiger charge is 2.25. The molecule has 0 amide bonds. The van der Waals surface area contributed by atoms with Crippen LogP contribution in [0.25, 0.3) is 0 Å². The Bertz CT molecular complexity index is 377. The lowest BCUT2D eigenvalue weighted by Crippen LogP contribution is -2.41. The number of rotatable bonds is 5. The molecule has 4 heteroatoms. The lowest BCUT2D eigenvalue weighted by Gasteiger charge is -2.38. The van der Waals surface area contributed by atoms with Gasteiger partial charge in [-0.25, -0.2) is 4.98 Å². The van der Waals surface area contributed by atoms with Gasteiger partial charge in [0.1, 0.15) is 5.82 Å². The number of hydrogen-bond acceptors (Lipinski definition) is 3. The minimum atomic E-state index is 0.686. The first-order valence-electron chi connectivity index (χ1n) is 6.35. The molecule has 2 rings (SSSR count). The average molecular weight is 298 g/mol. The summed E-state index contributed by atoms with van der Waals surface area (Å²) in [6.07, 6.45) is 7.04. The van der Waals surface area contributed by atoms with Crippen LogP contribution < -0.4 is 4.90 Å². The molecule has 0 bridgehead atoms. The molecule has 0 spiro atoms. The van der Waals surface area contributed by atoms with Crippen molar-refractivity contribution in [2.24, 2.45) is 0 Å². The highest BCUT2D eigenvalue weighted by Crippen LogP contribution is 2.28. The number of alkyl halides is 1. The van der Waals surface area contributed by atoms with E-state index in [2.05, 4.69) is 30.8 Å². The zero-order chi connectivity index (χ0) is 12.3. The topological polar surface area (TPSA) is 29.0 Å². The van der Waals surface area contributed by atoms with E-state index in [0.717, 1.165) is 35.5 Å². The Hall–Kier alpha value is -0.640. The van der Waals surface area contributed by atoms with Crippen molar-refractivity contribution in [3.8, 4) is 0 Å². The Morgan fingerprint density at radius 3 is 2.65 bits per heavy atom. The van der Waals surface area contributed by atoms with E-state index in [9.17, 15) is 0 Å². The van der Waals surface area contributed by atoms with Gasteiger partial charge in [0.2, 0.25) is 0 Å². The van der Waals surface area contributed by atoms with Crippen LogP contribution in [0.2, 0.25) is 0 Å². The monoisotopic (exact) mass is 297 g/mol. The Kier molecular flexibility index (Phi) is 4.37. The van der Waals surface area contributed by atoms with Crippen LogP contribution in [0.3, 0.4) is 0 Å². The van der Waals surface area contributed by atoms with Crippen molar-refractivity contribution in [3.63, 3.8) is 0 Å². The summed E-state index contributed by atoms with van der Waals surface area (Å²) in [5.74, 6) is 1.05. The van der Waals surface area contributed by atoms with Crippen molar-refractivity contribution < 1.29 is 0 Å². The molecule has 0 unspecified atom stereocenters. The summed E-state index contributed by atoms with van der Waals surface area (Å²) in [4.78, 5) is 11.5. The lowest BCUT2D eigenvalue weighted by molar-refractivity contribution is 0.383. The standard InChI is InChI=1S/C13H20BrN3/c1-10-11(2)16-13(9-15-10)17(8-4-7-14)12-5-3-6-12/h9,12H,3-8H2,1-2H3. The summed E-state index contributed by atoms with van der Waals surface area (Å²) in [6, 6.07) is 0.686. The molecule has 1 aliphatic carbocycles. The van der Waals surface area contributed by atoms with Gasteiger partial charge >= 0.3 is 0 Å². The van der Waals surface area contributed by atoms with Gasteiger partial charge in [-0.1, -0.05) is 15.9 Å². The number of aromatic nitrogens is 2. The van der Waals surface area contributed by atoms with Crippen molar-refractivity contribution >= 4 is 21.7 Å². The third-order valence-corrected chi connectivity index (χ3v) is 4.08. The summed E-state index contributed by atoms with van der Waals surface area (Å²) < 4.78 is 0. The number of anilines is 1. The maximum atomic E-state index is 4.68. The predicted octanol–water partition coefficient (Wildman–Crippen LogP) is 3.24. The van der Waals surface area contributed by atoms with Crippen molar-refractivity contribution in [2.75, 3.05) is 16.8 Å². The van der Waals surface area contributed by atoms with Crippen LogP contribution in [0, 0.1) is 13.8 Å². The lowest BCUT2D eigenvalue weighted by atomic mass is 9.91. The van der Waals surface area contributed by atoms with E-state index in [4.69, 9.17) is 0 Å². The van der Waals surface area contributed by atoms with E-state index in [-0.39, 0.29) is 0 Å². The number of aryl methyl sites for hydroxylation is 2. The van der Waals surface area contributed by atoms with Gasteiger partial charge in [-0.05, 0) is 39.5 Å². The Labute approximate surface area is 112 Å². The van der Waals surface area contributed by atoms with E-state index in [1.807, 2.05) is 20.0 Å². The van der Waals surface area contributed by atoms with Gasteiger partial charge in [0, 0.05) is 17.9 Å². The molecule has 0 radical (unpaired) electrons. The first-order chi connectivity index (χ1) is 8.22. The van der Waals surface area contributed by atoms with Crippen LogP contribution in [0.5, 0.6) is 0 Å². The fourth-order valence-electron chi connectivity index (χ4n) is 2.08. The van der Waals surface area contributed by atoms with E-state index in [0.29, 0.717) is 6.04 Å². The minimum absolute atomic E-state index is 0.686. The summed E-state index contributed by atoms with van der Waals surface area (Å²) in [7, 11) is 0. The van der Waals surface area contributed by atoms with Crippen LogP contribution in [0.1, 0.15) is 37.1 Å². The van der Waals surface area contributed by atoms with Crippen molar-refractivity contribution in [1.82, 2.24) is 9.97 Å². The Morgan fingerprint density at radius 1 is 1.35 bits per heavy atom. The quantitative estimate of drug-likeness (QED) is 0.781. The summed E-state index contributed by atoms with van der Waals surface area (Å²) in [5, 5.41) is 1.05. The molecule has 17 heavy (non-hydrogen) atoms. The molecule has 1 heterocycles. The van der Waals surface area contributed by atoms with Gasteiger partial charge in [-0.2, -0.15) is 0 Å². The summed E-state index contributed by atoms with van der Waals surface area (Å²) >= 11 is 3.50. The van der Waals surface area contributed by atoms with E-state index in [1.165, 1.54) is 19.3 Å². The second-order valence-corrected chi connectivity index (χ2v) is 5.51. The van der Waals surface area contributed by atoms with Crippen molar-refractivity contribution in [1.29, 1.82) is 0 Å². The minimum Gasteiger partial charge on any atom is -0.352 e. The first-order valence-corrected chi connectivity index (χ1v) is 7.47. The Balaban J connectivity index is 2.15. The maximum Gasteiger partial charge on any atom is 0.147 e. The fraction of sp³-hybridized carbons (Fsp3) is 0.692. The average Bonchev–Trinajstić information content (AvgIpc) is 2.25. The third kappa shape index (κ3) is 2.97. The highest BCUT2D eigenvalue weighted by molar-refractivity contribution is 9.09. The molecule has 94 valence electrons. The van der Waals surface area contributed by atoms with E-state index >= 15 is 0 Å². The van der Waals surface area contributed by atoms with Crippen LogP contribution in [-0.2, 0) is 0 Å². The molecule has 0 aliphatic heterocycles. The zero-order valence-corrected chi connectivity index (χ0v) is 12.2. The van der Waals surface area contributed by atoms with Crippen LogP contribution in [0.4, 0.5) is 5.82 Å². The van der Waals surface area contributed by atoms with Crippen molar-refractivity contribution in [2.45, 2.75) is 45.6 Å². The number of hydrogen-bond donors (Lipinski definition) is 0. The van der Waals surface area contributed by atoms with Gasteiger partial charge in [0.05, 0.1) is 17.6 Å².